The van der Waals surface area contributed by atoms with Gasteiger partial charge in [0, 0.05) is 32.3 Å². The molecule has 2 aromatic heterocycles. The average molecular weight is 526 g/mol. The number of nitrogens with zero attached hydrogens (tertiary/aromatic N) is 1. The Bertz CT molecular complexity index is 2060. The van der Waals surface area contributed by atoms with Crippen molar-refractivity contribution >= 4 is 21.4 Å². The van der Waals surface area contributed by atoms with Gasteiger partial charge in [0.05, 0.1) is 11.1 Å². The number of hydrogen-bond donors (Lipinski definition) is 0. The lowest BCUT2D eigenvalue weighted by Gasteiger charge is -2.29. The van der Waals surface area contributed by atoms with E-state index in [2.05, 4.69) is 126 Å². The first-order chi connectivity index (χ1) is 19.8. The third kappa shape index (κ3) is 2.79. The molecule has 1 nitrogen and oxygen atoms in total. The molecular formula is C38H23NS. The molecule has 0 unspecified atom stereocenters. The number of rotatable bonds is 2. The van der Waals surface area contributed by atoms with Crippen LogP contribution in [0, 0.1) is 0 Å². The average Bonchev–Trinajstić information content (AvgIpc) is 3.65. The van der Waals surface area contributed by atoms with E-state index in [1.165, 1.54) is 65.0 Å². The lowest BCUT2D eigenvalue weighted by atomic mass is 9.73. The molecule has 0 aliphatic heterocycles. The van der Waals surface area contributed by atoms with E-state index in [0.29, 0.717) is 0 Å². The summed E-state index contributed by atoms with van der Waals surface area (Å²) in [6.45, 7) is 0. The summed E-state index contributed by atoms with van der Waals surface area (Å²) in [5.41, 5.74) is 13.9. The Morgan fingerprint density at radius 1 is 0.500 bits per heavy atom. The van der Waals surface area contributed by atoms with Crippen LogP contribution in [0.25, 0.3) is 54.7 Å². The van der Waals surface area contributed by atoms with Crippen molar-refractivity contribution in [2.24, 2.45) is 0 Å². The van der Waals surface area contributed by atoms with Crippen molar-refractivity contribution < 1.29 is 0 Å². The Morgan fingerprint density at radius 2 is 1.12 bits per heavy atom. The van der Waals surface area contributed by atoms with Crippen LogP contribution in [-0.4, -0.2) is 4.98 Å². The van der Waals surface area contributed by atoms with Crippen LogP contribution >= 0.6 is 11.3 Å². The summed E-state index contributed by atoms with van der Waals surface area (Å²) in [5, 5.41) is 1.35. The molecule has 9 rings (SSSR count). The third-order valence-electron chi connectivity index (χ3n) is 8.76. The molecule has 0 fully saturated rings. The molecule has 0 atom stereocenters. The molecular weight excluding hydrogens is 502 g/mol. The molecule has 2 heteroatoms. The first-order valence-electron chi connectivity index (χ1n) is 13.7. The highest BCUT2D eigenvalue weighted by molar-refractivity contribution is 7.20. The summed E-state index contributed by atoms with van der Waals surface area (Å²) in [5.74, 6) is 0. The zero-order valence-corrected chi connectivity index (χ0v) is 22.5. The molecule has 1 spiro atoms. The fourth-order valence-corrected chi connectivity index (χ4v) is 8.55. The van der Waals surface area contributed by atoms with Crippen molar-refractivity contribution in [3.05, 3.63) is 161 Å². The highest BCUT2D eigenvalue weighted by Crippen LogP contribution is 2.66. The third-order valence-corrected chi connectivity index (χ3v) is 10.1. The predicted molar refractivity (Wildman–Crippen MR) is 167 cm³/mol. The Morgan fingerprint density at radius 3 is 1.88 bits per heavy atom. The number of aromatic nitrogens is 1. The molecule has 0 amide bonds. The van der Waals surface area contributed by atoms with Gasteiger partial charge in [-0.25, -0.2) is 0 Å². The Balaban J connectivity index is 1.31. The van der Waals surface area contributed by atoms with Crippen LogP contribution < -0.4 is 0 Å². The summed E-state index contributed by atoms with van der Waals surface area (Å²) in [6, 6.07) is 49.0. The molecule has 186 valence electrons. The van der Waals surface area contributed by atoms with Crippen molar-refractivity contribution in [1.82, 2.24) is 4.98 Å². The van der Waals surface area contributed by atoms with Crippen LogP contribution in [0.5, 0.6) is 0 Å². The van der Waals surface area contributed by atoms with Crippen LogP contribution in [0.2, 0.25) is 0 Å². The van der Waals surface area contributed by atoms with E-state index in [1.54, 1.807) is 0 Å². The Labute approximate surface area is 237 Å². The molecule has 2 heterocycles. The number of hydrogen-bond acceptors (Lipinski definition) is 2. The Hall–Kier alpha value is -4.79. The second-order valence-electron chi connectivity index (χ2n) is 10.7. The van der Waals surface area contributed by atoms with Gasteiger partial charge in [0.25, 0.3) is 0 Å². The summed E-state index contributed by atoms with van der Waals surface area (Å²) >= 11 is 1.96. The van der Waals surface area contributed by atoms with Crippen LogP contribution in [0.1, 0.15) is 21.6 Å². The summed E-state index contributed by atoms with van der Waals surface area (Å²) in [7, 11) is 0. The van der Waals surface area contributed by atoms with Crippen LogP contribution in [0.3, 0.4) is 0 Å². The molecule has 7 aromatic rings. The Kier molecular flexibility index (Phi) is 4.47. The standard InChI is InChI=1S/C38H23NS/c1-4-12-31-27(9-1)28-10-2-5-13-32(28)38(31)33-21-20-26(24-16-18-25(19-17-24)34-14-7-8-22-39-34)23-30(33)36-29-11-3-6-15-35(29)40-37(36)38/h1-23H. The van der Waals surface area contributed by atoms with Gasteiger partial charge in [0.15, 0.2) is 0 Å². The fourth-order valence-electron chi connectivity index (χ4n) is 7.09. The van der Waals surface area contributed by atoms with Gasteiger partial charge in [-0.05, 0) is 68.8 Å². The van der Waals surface area contributed by atoms with Gasteiger partial charge in [-0.15, -0.1) is 11.3 Å². The number of thiophene rings is 1. The molecule has 0 N–H and O–H groups in total. The molecule has 5 aromatic carbocycles. The zero-order chi connectivity index (χ0) is 26.3. The van der Waals surface area contributed by atoms with E-state index in [-0.39, 0.29) is 5.41 Å². The van der Waals surface area contributed by atoms with E-state index in [4.69, 9.17) is 0 Å². The van der Waals surface area contributed by atoms with Gasteiger partial charge in [-0.2, -0.15) is 0 Å². The van der Waals surface area contributed by atoms with Crippen molar-refractivity contribution in [1.29, 1.82) is 0 Å². The summed E-state index contributed by atoms with van der Waals surface area (Å²) < 4.78 is 1.35. The molecule has 0 bridgehead atoms. The first kappa shape index (κ1) is 22.1. The second kappa shape index (κ2) is 8.11. The van der Waals surface area contributed by atoms with E-state index in [0.717, 1.165) is 11.3 Å². The van der Waals surface area contributed by atoms with Gasteiger partial charge < -0.3 is 0 Å². The first-order valence-corrected chi connectivity index (χ1v) is 14.5. The zero-order valence-electron chi connectivity index (χ0n) is 21.6. The van der Waals surface area contributed by atoms with Gasteiger partial charge >= 0.3 is 0 Å². The van der Waals surface area contributed by atoms with Gasteiger partial charge in [-0.3, -0.25) is 4.98 Å². The summed E-state index contributed by atoms with van der Waals surface area (Å²) in [6.07, 6.45) is 1.85. The van der Waals surface area contributed by atoms with E-state index in [1.807, 2.05) is 29.7 Å². The minimum Gasteiger partial charge on any atom is -0.256 e. The van der Waals surface area contributed by atoms with Crippen molar-refractivity contribution in [3.63, 3.8) is 0 Å². The largest absolute Gasteiger partial charge is 0.256 e. The minimum atomic E-state index is -0.289. The molecule has 40 heavy (non-hydrogen) atoms. The van der Waals surface area contributed by atoms with Crippen molar-refractivity contribution in [3.8, 4) is 44.6 Å². The summed E-state index contributed by atoms with van der Waals surface area (Å²) in [4.78, 5) is 5.97. The molecule has 0 saturated carbocycles. The van der Waals surface area contributed by atoms with E-state index >= 15 is 0 Å². The predicted octanol–water partition coefficient (Wildman–Crippen LogP) is 9.97. The highest BCUT2D eigenvalue weighted by atomic mass is 32.1. The van der Waals surface area contributed by atoms with Crippen molar-refractivity contribution in [2.75, 3.05) is 0 Å². The monoisotopic (exact) mass is 525 g/mol. The maximum Gasteiger partial charge on any atom is 0.0819 e. The van der Waals surface area contributed by atoms with Crippen LogP contribution in [0.4, 0.5) is 0 Å². The van der Waals surface area contributed by atoms with Crippen LogP contribution in [0.15, 0.2) is 140 Å². The minimum absolute atomic E-state index is 0.289. The smallest absolute Gasteiger partial charge is 0.0819 e. The quantitative estimate of drug-likeness (QED) is 0.219. The SMILES string of the molecule is c1ccc(-c2ccc(-c3ccc4c(c3)-c3c(sc5ccccc35)C43c4ccccc4-c4ccccc43)cc2)nc1. The van der Waals surface area contributed by atoms with E-state index in [9.17, 15) is 0 Å². The molecule has 2 aliphatic rings. The lowest BCUT2D eigenvalue weighted by Crippen LogP contribution is -2.24. The maximum atomic E-state index is 4.53. The molecule has 0 saturated heterocycles. The van der Waals surface area contributed by atoms with E-state index < -0.39 is 0 Å². The lowest BCUT2D eigenvalue weighted by molar-refractivity contribution is 0.812. The number of benzene rings is 5. The second-order valence-corrected chi connectivity index (χ2v) is 11.7. The van der Waals surface area contributed by atoms with Crippen molar-refractivity contribution in [2.45, 2.75) is 5.41 Å². The van der Waals surface area contributed by atoms with Crippen LogP contribution in [-0.2, 0) is 5.41 Å². The normalized spacial score (nSPS) is 13.7. The van der Waals surface area contributed by atoms with Gasteiger partial charge in [0.2, 0.25) is 0 Å². The molecule has 2 aliphatic carbocycles. The maximum absolute atomic E-state index is 4.53. The van der Waals surface area contributed by atoms with Gasteiger partial charge in [0.1, 0.15) is 0 Å². The fraction of sp³-hybridized carbons (Fsp3) is 0.0263. The highest BCUT2D eigenvalue weighted by Gasteiger charge is 2.53. The number of fused-ring (bicyclic) bond motifs is 12. The topological polar surface area (TPSA) is 12.9 Å². The van der Waals surface area contributed by atoms with Gasteiger partial charge in [-0.1, -0.05) is 109 Å². The molecule has 0 radical (unpaired) electrons. The number of pyridine rings is 1.